The Morgan fingerprint density at radius 3 is 3.13 bits per heavy atom. The summed E-state index contributed by atoms with van der Waals surface area (Å²) in [6.45, 7) is 0.889. The van der Waals surface area contributed by atoms with E-state index in [-0.39, 0.29) is 18.4 Å². The number of H-pyrrole nitrogens is 1. The number of carbonyl (C=O) groups is 1. The summed E-state index contributed by atoms with van der Waals surface area (Å²) in [5.41, 5.74) is 1.64. The van der Waals surface area contributed by atoms with E-state index in [0.29, 0.717) is 13.1 Å². The van der Waals surface area contributed by atoms with Crippen molar-refractivity contribution < 1.29 is 13.2 Å². The van der Waals surface area contributed by atoms with Gasteiger partial charge in [0.2, 0.25) is 15.9 Å². The third-order valence-electron chi connectivity index (χ3n) is 4.17. The molecule has 1 atom stereocenters. The molecule has 2 N–H and O–H groups in total. The highest BCUT2D eigenvalue weighted by Gasteiger charge is 2.31. The maximum absolute atomic E-state index is 12.2. The van der Waals surface area contributed by atoms with Crippen LogP contribution < -0.4 is 5.32 Å². The molecule has 0 spiro atoms. The third kappa shape index (κ3) is 3.53. The molecule has 1 fully saturated rings. The Morgan fingerprint density at radius 1 is 1.52 bits per heavy atom. The van der Waals surface area contributed by atoms with E-state index in [1.807, 2.05) is 12.1 Å². The highest BCUT2D eigenvalue weighted by atomic mass is 32.2. The summed E-state index contributed by atoms with van der Waals surface area (Å²) in [4.78, 5) is 19.4. The second-order valence-electron chi connectivity index (χ2n) is 5.86. The minimum Gasteiger partial charge on any atom is -0.354 e. The number of nitrogens with zero attached hydrogens (tertiary/aromatic N) is 2. The minimum absolute atomic E-state index is 0.116. The zero-order valence-electron chi connectivity index (χ0n) is 12.9. The number of aromatic nitrogens is 2. The first-order valence-electron chi connectivity index (χ1n) is 7.59. The van der Waals surface area contributed by atoms with Gasteiger partial charge in [-0.15, -0.1) is 0 Å². The minimum atomic E-state index is -3.21. The normalized spacial score (nSPS) is 19.3. The molecule has 2 aromatic heterocycles. The summed E-state index contributed by atoms with van der Waals surface area (Å²) < 4.78 is 24.9. The van der Waals surface area contributed by atoms with Crippen molar-refractivity contribution in [1.82, 2.24) is 19.6 Å². The quantitative estimate of drug-likeness (QED) is 0.838. The molecule has 1 aliphatic heterocycles. The molecule has 1 amide bonds. The first kappa shape index (κ1) is 15.9. The van der Waals surface area contributed by atoms with Crippen LogP contribution in [-0.4, -0.2) is 54.0 Å². The molecule has 0 aliphatic carbocycles. The summed E-state index contributed by atoms with van der Waals surface area (Å²) in [6, 6.07) is 3.61. The van der Waals surface area contributed by atoms with Gasteiger partial charge >= 0.3 is 0 Å². The van der Waals surface area contributed by atoms with E-state index in [4.69, 9.17) is 0 Å². The fourth-order valence-corrected chi connectivity index (χ4v) is 4.26. The van der Waals surface area contributed by atoms with E-state index in [1.54, 1.807) is 12.4 Å². The summed E-state index contributed by atoms with van der Waals surface area (Å²) >= 11 is 0. The lowest BCUT2D eigenvalue weighted by Gasteiger charge is -2.22. The number of pyridine rings is 1. The molecule has 0 radical (unpaired) electrons. The van der Waals surface area contributed by atoms with Crippen LogP contribution in [0.1, 0.15) is 18.4 Å². The maximum atomic E-state index is 12.2. The predicted molar refractivity (Wildman–Crippen MR) is 87.4 cm³/mol. The predicted octanol–water partition coefficient (Wildman–Crippen LogP) is 0.646. The molecule has 1 aliphatic rings. The van der Waals surface area contributed by atoms with Crippen LogP contribution in [0.2, 0.25) is 0 Å². The molecule has 3 rings (SSSR count). The second-order valence-corrected chi connectivity index (χ2v) is 7.80. The summed E-state index contributed by atoms with van der Waals surface area (Å²) in [6.07, 6.45) is 6.56. The molecule has 0 aromatic carbocycles. The van der Waals surface area contributed by atoms with E-state index >= 15 is 0 Å². The Balaban J connectivity index is 1.60. The SMILES string of the molecule is CS(=O)(=O)N1CCC[C@@H]1CNC(=O)Cc1c[nH]c2ncccc12. The van der Waals surface area contributed by atoms with Gasteiger partial charge in [-0.1, -0.05) is 0 Å². The fraction of sp³-hybridized carbons (Fsp3) is 0.467. The number of rotatable bonds is 5. The third-order valence-corrected chi connectivity index (χ3v) is 5.50. The Labute approximate surface area is 135 Å². The van der Waals surface area contributed by atoms with Gasteiger partial charge in [0.1, 0.15) is 5.65 Å². The first-order chi connectivity index (χ1) is 10.9. The highest BCUT2D eigenvalue weighted by molar-refractivity contribution is 7.88. The summed E-state index contributed by atoms with van der Waals surface area (Å²) in [5, 5.41) is 3.78. The number of nitrogens with one attached hydrogen (secondary N) is 2. The van der Waals surface area contributed by atoms with Crippen molar-refractivity contribution in [1.29, 1.82) is 0 Å². The van der Waals surface area contributed by atoms with E-state index < -0.39 is 10.0 Å². The van der Waals surface area contributed by atoms with Gasteiger partial charge in [-0.05, 0) is 30.5 Å². The van der Waals surface area contributed by atoms with Crippen molar-refractivity contribution in [2.45, 2.75) is 25.3 Å². The number of hydrogen-bond acceptors (Lipinski definition) is 4. The fourth-order valence-electron chi connectivity index (χ4n) is 3.08. The molecule has 3 heterocycles. The molecule has 124 valence electrons. The molecule has 7 nitrogen and oxygen atoms in total. The molecule has 2 aromatic rings. The molecule has 0 bridgehead atoms. The average molecular weight is 336 g/mol. The summed E-state index contributed by atoms with van der Waals surface area (Å²) in [5.74, 6) is -0.116. The number of carbonyl (C=O) groups excluding carboxylic acids is 1. The van der Waals surface area contributed by atoms with E-state index in [9.17, 15) is 13.2 Å². The van der Waals surface area contributed by atoms with Crippen LogP contribution in [0.25, 0.3) is 11.0 Å². The van der Waals surface area contributed by atoms with Crippen LogP contribution in [-0.2, 0) is 21.2 Å². The van der Waals surface area contributed by atoms with Gasteiger partial charge in [0.25, 0.3) is 0 Å². The Morgan fingerprint density at radius 2 is 2.35 bits per heavy atom. The monoisotopic (exact) mass is 336 g/mol. The molecule has 8 heteroatoms. The number of hydrogen-bond donors (Lipinski definition) is 2. The topological polar surface area (TPSA) is 95.2 Å². The van der Waals surface area contributed by atoms with Crippen molar-refractivity contribution in [3.8, 4) is 0 Å². The van der Waals surface area contributed by atoms with Gasteiger partial charge in [0.15, 0.2) is 0 Å². The van der Waals surface area contributed by atoms with E-state index in [1.165, 1.54) is 10.6 Å². The van der Waals surface area contributed by atoms with Crippen molar-refractivity contribution in [3.63, 3.8) is 0 Å². The lowest BCUT2D eigenvalue weighted by atomic mass is 10.1. The van der Waals surface area contributed by atoms with E-state index in [0.717, 1.165) is 29.4 Å². The Hall–Kier alpha value is -1.93. The number of sulfonamides is 1. The lowest BCUT2D eigenvalue weighted by Crippen LogP contribution is -2.43. The van der Waals surface area contributed by atoms with Gasteiger partial charge in [-0.25, -0.2) is 13.4 Å². The molecular formula is C15H20N4O3S. The smallest absolute Gasteiger partial charge is 0.224 e. The largest absolute Gasteiger partial charge is 0.354 e. The Bertz CT molecular complexity index is 815. The average Bonchev–Trinajstić information content (AvgIpc) is 3.12. The van der Waals surface area contributed by atoms with Gasteiger partial charge in [0, 0.05) is 36.9 Å². The maximum Gasteiger partial charge on any atom is 0.224 e. The number of amides is 1. The van der Waals surface area contributed by atoms with Crippen molar-refractivity contribution >= 4 is 27.0 Å². The first-order valence-corrected chi connectivity index (χ1v) is 9.44. The van der Waals surface area contributed by atoms with Crippen LogP contribution >= 0.6 is 0 Å². The zero-order chi connectivity index (χ0) is 16.4. The van der Waals surface area contributed by atoms with E-state index in [2.05, 4.69) is 15.3 Å². The van der Waals surface area contributed by atoms with Crippen LogP contribution in [0.4, 0.5) is 0 Å². The van der Waals surface area contributed by atoms with Crippen LogP contribution in [0.15, 0.2) is 24.5 Å². The zero-order valence-corrected chi connectivity index (χ0v) is 13.8. The van der Waals surface area contributed by atoms with Crippen LogP contribution in [0, 0.1) is 0 Å². The van der Waals surface area contributed by atoms with Crippen LogP contribution in [0.5, 0.6) is 0 Å². The molecule has 23 heavy (non-hydrogen) atoms. The second kappa shape index (κ2) is 6.29. The number of fused-ring (bicyclic) bond motifs is 1. The Kier molecular flexibility index (Phi) is 4.36. The van der Waals surface area contributed by atoms with Gasteiger partial charge in [-0.3, -0.25) is 4.79 Å². The van der Waals surface area contributed by atoms with Crippen LogP contribution in [0.3, 0.4) is 0 Å². The standard InChI is InChI=1S/C15H20N4O3S/c1-23(21,22)19-7-3-4-12(19)10-17-14(20)8-11-9-18-15-13(11)5-2-6-16-15/h2,5-6,9,12H,3-4,7-8,10H2,1H3,(H,16,18)(H,17,20)/t12-/m1/s1. The number of aromatic amines is 1. The van der Waals surface area contributed by atoms with Crippen molar-refractivity contribution in [2.75, 3.05) is 19.3 Å². The summed E-state index contributed by atoms with van der Waals surface area (Å²) in [7, 11) is -3.21. The van der Waals surface area contributed by atoms with Crippen molar-refractivity contribution in [2.24, 2.45) is 0 Å². The molecule has 0 unspecified atom stereocenters. The molecule has 0 saturated carbocycles. The van der Waals surface area contributed by atoms with Crippen molar-refractivity contribution in [3.05, 3.63) is 30.1 Å². The van der Waals surface area contributed by atoms with Gasteiger partial charge < -0.3 is 10.3 Å². The molecule has 1 saturated heterocycles. The molecular weight excluding hydrogens is 316 g/mol. The van der Waals surface area contributed by atoms with Gasteiger partial charge in [-0.2, -0.15) is 4.31 Å². The highest BCUT2D eigenvalue weighted by Crippen LogP contribution is 2.20. The van der Waals surface area contributed by atoms with Gasteiger partial charge in [0.05, 0.1) is 12.7 Å². The lowest BCUT2D eigenvalue weighted by molar-refractivity contribution is -0.120.